The van der Waals surface area contributed by atoms with E-state index in [1.54, 1.807) is 6.92 Å². The van der Waals surface area contributed by atoms with E-state index in [4.69, 9.17) is 15.9 Å². The second-order valence-corrected chi connectivity index (χ2v) is 6.71. The summed E-state index contributed by atoms with van der Waals surface area (Å²) in [5.41, 5.74) is 6.12. The SMILES string of the molecule is C#Cc1c(C)c(C)[c-]c(C)c1C.C=C(C)C(=O)OCOC1CC[CH-]CC1.[W+2]. The summed E-state index contributed by atoms with van der Waals surface area (Å²) in [6.07, 6.45) is 12.2. The van der Waals surface area contributed by atoms with Gasteiger partial charge in [0.1, 0.15) is 0 Å². The maximum absolute atomic E-state index is 11.0. The molecule has 0 atom stereocenters. The van der Waals surface area contributed by atoms with Gasteiger partial charge < -0.3 is 15.9 Å². The normalized spacial score (nSPS) is 13.5. The van der Waals surface area contributed by atoms with Crippen molar-refractivity contribution in [2.24, 2.45) is 0 Å². The number of aryl methyl sites for hydroxylation is 2. The minimum atomic E-state index is -0.382. The van der Waals surface area contributed by atoms with Crippen LogP contribution < -0.4 is 0 Å². The molecule has 0 heterocycles. The predicted molar refractivity (Wildman–Crippen MR) is 106 cm³/mol. The van der Waals surface area contributed by atoms with Crippen LogP contribution in [0.2, 0.25) is 0 Å². The van der Waals surface area contributed by atoms with Crippen LogP contribution in [0.3, 0.4) is 0 Å². The zero-order chi connectivity index (χ0) is 19.7. The molecule has 4 heteroatoms. The number of carbonyl (C=O) groups is 1. The Kier molecular flexibility index (Phi) is 12.3. The van der Waals surface area contributed by atoms with E-state index in [1.165, 1.54) is 11.1 Å². The Hall–Kier alpha value is -1.36. The number of rotatable bonds is 4. The van der Waals surface area contributed by atoms with E-state index in [2.05, 4.69) is 25.0 Å². The van der Waals surface area contributed by atoms with Gasteiger partial charge in [-0.15, -0.1) is 17.6 Å². The van der Waals surface area contributed by atoms with E-state index in [1.807, 2.05) is 27.7 Å². The van der Waals surface area contributed by atoms with Crippen LogP contribution in [0.25, 0.3) is 0 Å². The van der Waals surface area contributed by atoms with Gasteiger partial charge in [0.15, 0.2) is 6.79 Å². The second kappa shape index (κ2) is 12.9. The van der Waals surface area contributed by atoms with E-state index in [0.717, 1.165) is 42.4 Å². The van der Waals surface area contributed by atoms with Crippen molar-refractivity contribution in [3.63, 3.8) is 0 Å². The molecule has 27 heavy (non-hydrogen) atoms. The van der Waals surface area contributed by atoms with Crippen molar-refractivity contribution >= 4 is 5.97 Å². The number of benzene rings is 1. The third-order valence-corrected chi connectivity index (χ3v) is 4.62. The summed E-state index contributed by atoms with van der Waals surface area (Å²) in [4.78, 5) is 11.0. The van der Waals surface area contributed by atoms with E-state index >= 15 is 0 Å². The van der Waals surface area contributed by atoms with Crippen LogP contribution in [-0.2, 0) is 35.3 Å². The first-order valence-electron chi connectivity index (χ1n) is 9.00. The first-order chi connectivity index (χ1) is 12.3. The van der Waals surface area contributed by atoms with Gasteiger partial charge in [-0.1, -0.05) is 58.6 Å². The number of carbonyl (C=O) groups excluding carboxylic acids is 1. The van der Waals surface area contributed by atoms with Crippen molar-refractivity contribution in [3.05, 3.63) is 52.5 Å². The number of hydrogen-bond acceptors (Lipinski definition) is 3. The molecule has 1 aliphatic rings. The Labute approximate surface area is 179 Å². The summed E-state index contributed by atoms with van der Waals surface area (Å²) in [6, 6.07) is 3.29. The molecule has 3 nitrogen and oxygen atoms in total. The van der Waals surface area contributed by atoms with Gasteiger partial charge in [-0.2, -0.15) is 30.0 Å². The van der Waals surface area contributed by atoms with Gasteiger partial charge in [0.2, 0.25) is 0 Å². The third kappa shape index (κ3) is 8.46. The number of ether oxygens (including phenoxy) is 2. The Morgan fingerprint density at radius 2 is 1.74 bits per heavy atom. The van der Waals surface area contributed by atoms with Crippen LogP contribution in [0, 0.1) is 52.5 Å². The first-order valence-corrected chi connectivity index (χ1v) is 9.00. The number of esters is 1. The van der Waals surface area contributed by atoms with Crippen LogP contribution in [-0.4, -0.2) is 18.9 Å². The topological polar surface area (TPSA) is 35.5 Å². The molecule has 2 rings (SSSR count). The Bertz CT molecular complexity index is 654. The molecule has 0 unspecified atom stereocenters. The molecule has 0 aliphatic heterocycles. The summed E-state index contributed by atoms with van der Waals surface area (Å²) < 4.78 is 10.2. The molecular formula is C23H30O3W. The van der Waals surface area contributed by atoms with Crippen LogP contribution in [0.1, 0.15) is 60.4 Å². The van der Waals surface area contributed by atoms with Crippen LogP contribution in [0.5, 0.6) is 0 Å². The van der Waals surface area contributed by atoms with Crippen molar-refractivity contribution < 1.29 is 35.3 Å². The van der Waals surface area contributed by atoms with Gasteiger partial charge in [-0.3, -0.25) is 0 Å². The van der Waals surface area contributed by atoms with Crippen molar-refractivity contribution in [1.29, 1.82) is 0 Å². The molecule has 1 fully saturated rings. The van der Waals surface area contributed by atoms with Crippen molar-refractivity contribution in [3.8, 4) is 12.3 Å². The fourth-order valence-electron chi connectivity index (χ4n) is 2.71. The van der Waals surface area contributed by atoms with Crippen molar-refractivity contribution in [2.45, 2.75) is 66.4 Å². The number of hydrogen-bond donors (Lipinski definition) is 0. The second-order valence-electron chi connectivity index (χ2n) is 6.71. The van der Waals surface area contributed by atoms with Crippen LogP contribution in [0.15, 0.2) is 12.2 Å². The summed E-state index contributed by atoms with van der Waals surface area (Å²) in [7, 11) is 0. The minimum absolute atomic E-state index is 0. The van der Waals surface area contributed by atoms with Gasteiger partial charge in [0, 0.05) is 5.57 Å². The summed E-state index contributed by atoms with van der Waals surface area (Å²) in [6.45, 7) is 13.3. The van der Waals surface area contributed by atoms with E-state index in [0.29, 0.717) is 5.57 Å². The molecule has 1 saturated carbocycles. The van der Waals surface area contributed by atoms with Gasteiger partial charge in [-0.25, -0.2) is 4.79 Å². The maximum atomic E-state index is 11.0. The van der Waals surface area contributed by atoms with E-state index in [9.17, 15) is 4.79 Å². The molecule has 0 aromatic heterocycles. The fourth-order valence-corrected chi connectivity index (χ4v) is 2.71. The van der Waals surface area contributed by atoms with Gasteiger partial charge in [-0.05, 0) is 6.92 Å². The van der Waals surface area contributed by atoms with Gasteiger partial charge in [0.25, 0.3) is 0 Å². The Morgan fingerprint density at radius 1 is 1.22 bits per heavy atom. The summed E-state index contributed by atoms with van der Waals surface area (Å²) >= 11 is 0. The first kappa shape index (κ1) is 25.6. The largest absolute Gasteiger partial charge is 2.00 e. The zero-order valence-corrected chi connectivity index (χ0v) is 20.0. The maximum Gasteiger partial charge on any atom is 2.00 e. The molecule has 1 aromatic carbocycles. The molecule has 0 amide bonds. The van der Waals surface area contributed by atoms with E-state index < -0.39 is 0 Å². The van der Waals surface area contributed by atoms with Gasteiger partial charge >= 0.3 is 27.0 Å². The minimum Gasteiger partial charge on any atom is -0.435 e. The predicted octanol–water partition coefficient (Wildman–Crippen LogP) is 4.93. The fraction of sp³-hybridized carbons (Fsp3) is 0.478. The van der Waals surface area contributed by atoms with E-state index in [-0.39, 0.29) is 39.9 Å². The number of terminal acetylenes is 1. The average Bonchev–Trinajstić information content (AvgIpc) is 2.62. The van der Waals surface area contributed by atoms with Crippen molar-refractivity contribution in [1.82, 2.24) is 0 Å². The smallest absolute Gasteiger partial charge is 0.435 e. The molecule has 1 aromatic rings. The molecule has 146 valence electrons. The molecule has 0 radical (unpaired) electrons. The van der Waals surface area contributed by atoms with Gasteiger partial charge in [0.05, 0.1) is 6.10 Å². The average molecular weight is 538 g/mol. The summed E-state index contributed by atoms with van der Waals surface area (Å²) in [5, 5.41) is 0. The molecular weight excluding hydrogens is 508 g/mol. The third-order valence-electron chi connectivity index (χ3n) is 4.62. The molecule has 1 aliphatic carbocycles. The Balaban J connectivity index is 0.000000488. The summed E-state index contributed by atoms with van der Waals surface area (Å²) in [5.74, 6) is 2.34. The Morgan fingerprint density at radius 3 is 2.19 bits per heavy atom. The molecule has 0 bridgehead atoms. The molecule has 0 spiro atoms. The quantitative estimate of drug-likeness (QED) is 0.180. The zero-order valence-electron chi connectivity index (χ0n) is 17.1. The van der Waals surface area contributed by atoms with Crippen LogP contribution in [0.4, 0.5) is 0 Å². The molecule has 0 N–H and O–H groups in total. The monoisotopic (exact) mass is 538 g/mol. The van der Waals surface area contributed by atoms with Crippen molar-refractivity contribution in [2.75, 3.05) is 6.79 Å². The standard InChI is InChI=1S/C12H13.C11H17O3.W/c1-6-12-10(4)8(2)7-9(3)11(12)5;1-9(2)11(12)14-8-13-10-6-4-3-5-7-10;/h1H,2-5H3;3,10H,1,4-8H2,2H3;/q2*-1;+2. The molecule has 0 saturated heterocycles. The van der Waals surface area contributed by atoms with Crippen LogP contribution >= 0.6 is 0 Å².